The molecule has 3 aromatic rings. The second kappa shape index (κ2) is 8.23. The van der Waals surface area contributed by atoms with Crippen LogP contribution in [0, 0.1) is 0 Å². The van der Waals surface area contributed by atoms with E-state index in [0.717, 1.165) is 11.8 Å². The lowest BCUT2D eigenvalue weighted by Crippen LogP contribution is -2.21. The van der Waals surface area contributed by atoms with Crippen LogP contribution in [0.3, 0.4) is 0 Å². The van der Waals surface area contributed by atoms with Gasteiger partial charge in [0.1, 0.15) is 6.61 Å². The van der Waals surface area contributed by atoms with Crippen molar-refractivity contribution in [2.24, 2.45) is 5.73 Å². The van der Waals surface area contributed by atoms with Crippen LogP contribution >= 0.6 is 11.8 Å². The fourth-order valence-corrected chi connectivity index (χ4v) is 3.16. The molecule has 0 saturated carbocycles. The highest BCUT2D eigenvalue weighted by molar-refractivity contribution is 7.99. The SMILES string of the molecule is NC(=O)c1ccc(NC(=O)CSc2nnc([C@@H]3COc4ccccc4O3)o2)cc1. The quantitative estimate of drug-likeness (QED) is 0.591. The second-order valence-corrected chi connectivity index (χ2v) is 6.98. The van der Waals surface area contributed by atoms with Gasteiger partial charge in [0.05, 0.1) is 5.75 Å². The molecule has 0 spiro atoms. The van der Waals surface area contributed by atoms with Crippen LogP contribution in [0.4, 0.5) is 5.69 Å². The zero-order valence-electron chi connectivity index (χ0n) is 15.0. The number of benzene rings is 2. The van der Waals surface area contributed by atoms with Crippen LogP contribution in [0.25, 0.3) is 0 Å². The number of nitrogens with two attached hydrogens (primary N) is 1. The molecule has 2 aromatic carbocycles. The fourth-order valence-electron chi connectivity index (χ4n) is 2.59. The van der Waals surface area contributed by atoms with E-state index in [-0.39, 0.29) is 29.4 Å². The Morgan fingerprint density at radius 2 is 1.86 bits per heavy atom. The molecule has 10 heteroatoms. The summed E-state index contributed by atoms with van der Waals surface area (Å²) in [6, 6.07) is 13.6. The third kappa shape index (κ3) is 4.49. The average molecular weight is 412 g/mol. The summed E-state index contributed by atoms with van der Waals surface area (Å²) in [5, 5.41) is 10.9. The van der Waals surface area contributed by atoms with Crippen molar-refractivity contribution >= 4 is 29.3 Å². The minimum absolute atomic E-state index is 0.0735. The highest BCUT2D eigenvalue weighted by Crippen LogP contribution is 2.35. The molecule has 0 aliphatic carbocycles. The number of carbonyl (C=O) groups is 2. The number of thioether (sulfide) groups is 1. The summed E-state index contributed by atoms with van der Waals surface area (Å²) in [5.74, 6) is 0.847. The predicted octanol–water partition coefficient (Wildman–Crippen LogP) is 2.41. The summed E-state index contributed by atoms with van der Waals surface area (Å²) >= 11 is 1.10. The van der Waals surface area contributed by atoms with Gasteiger partial charge in [-0.3, -0.25) is 9.59 Å². The molecule has 4 rings (SSSR count). The summed E-state index contributed by atoms with van der Waals surface area (Å²) < 4.78 is 17.0. The number of aromatic nitrogens is 2. The first-order chi connectivity index (χ1) is 14.1. The molecule has 0 radical (unpaired) electrons. The smallest absolute Gasteiger partial charge is 0.277 e. The van der Waals surface area contributed by atoms with E-state index >= 15 is 0 Å². The Morgan fingerprint density at radius 1 is 1.10 bits per heavy atom. The molecule has 9 nitrogen and oxygen atoms in total. The van der Waals surface area contributed by atoms with Gasteiger partial charge in [0.2, 0.25) is 17.9 Å². The van der Waals surface area contributed by atoms with Crippen molar-refractivity contribution in [3.05, 3.63) is 60.0 Å². The Kier molecular flexibility index (Phi) is 5.34. The zero-order chi connectivity index (χ0) is 20.2. The van der Waals surface area contributed by atoms with E-state index in [0.29, 0.717) is 22.7 Å². The minimum atomic E-state index is -0.526. The number of fused-ring (bicyclic) bond motifs is 1. The average Bonchev–Trinajstić information content (AvgIpc) is 3.21. The van der Waals surface area contributed by atoms with Gasteiger partial charge < -0.3 is 24.9 Å². The molecule has 2 amide bonds. The van der Waals surface area contributed by atoms with E-state index in [1.54, 1.807) is 30.3 Å². The van der Waals surface area contributed by atoms with E-state index in [4.69, 9.17) is 19.6 Å². The standard InChI is InChI=1S/C19H16N4O5S/c20-17(25)11-5-7-12(8-6-11)21-16(24)10-29-19-23-22-18(28-19)15-9-26-13-3-1-2-4-14(13)27-15/h1-8,15H,9-10H2,(H2,20,25)(H,21,24)/t15-/m0/s1. The van der Waals surface area contributed by atoms with Gasteiger partial charge in [0, 0.05) is 11.3 Å². The van der Waals surface area contributed by atoms with Crippen molar-refractivity contribution in [2.45, 2.75) is 11.3 Å². The number of amides is 2. The number of rotatable bonds is 6. The number of para-hydroxylation sites is 2. The van der Waals surface area contributed by atoms with E-state index < -0.39 is 12.0 Å². The lowest BCUT2D eigenvalue weighted by atomic mass is 10.2. The largest absolute Gasteiger partial charge is 0.485 e. The highest BCUT2D eigenvalue weighted by atomic mass is 32.2. The number of nitrogens with zero attached hydrogens (tertiary/aromatic N) is 2. The van der Waals surface area contributed by atoms with Gasteiger partial charge in [-0.05, 0) is 36.4 Å². The minimum Gasteiger partial charge on any atom is -0.485 e. The van der Waals surface area contributed by atoms with Crippen molar-refractivity contribution in [3.8, 4) is 11.5 Å². The lowest BCUT2D eigenvalue weighted by Gasteiger charge is -2.23. The second-order valence-electron chi connectivity index (χ2n) is 6.05. The number of anilines is 1. The van der Waals surface area contributed by atoms with Crippen LogP contribution in [0.1, 0.15) is 22.4 Å². The molecule has 1 aliphatic heterocycles. The predicted molar refractivity (Wildman–Crippen MR) is 104 cm³/mol. The maximum Gasteiger partial charge on any atom is 0.277 e. The topological polar surface area (TPSA) is 130 Å². The van der Waals surface area contributed by atoms with Crippen molar-refractivity contribution in [1.29, 1.82) is 0 Å². The molecular formula is C19H16N4O5S. The van der Waals surface area contributed by atoms with Crippen molar-refractivity contribution in [2.75, 3.05) is 17.7 Å². The molecule has 0 saturated heterocycles. The normalized spacial score (nSPS) is 15.0. The summed E-state index contributed by atoms with van der Waals surface area (Å²) in [6.45, 7) is 0.255. The number of hydrogen-bond acceptors (Lipinski definition) is 8. The third-order valence-electron chi connectivity index (χ3n) is 3.99. The summed E-state index contributed by atoms with van der Waals surface area (Å²) in [5.41, 5.74) is 6.11. The van der Waals surface area contributed by atoms with Crippen molar-refractivity contribution in [3.63, 3.8) is 0 Å². The van der Waals surface area contributed by atoms with E-state index in [1.807, 2.05) is 18.2 Å². The van der Waals surface area contributed by atoms with Crippen LogP contribution in [-0.4, -0.2) is 34.4 Å². The molecule has 1 aromatic heterocycles. The Morgan fingerprint density at radius 3 is 2.62 bits per heavy atom. The van der Waals surface area contributed by atoms with E-state index in [2.05, 4.69) is 15.5 Å². The van der Waals surface area contributed by atoms with E-state index in [1.165, 1.54) is 0 Å². The monoisotopic (exact) mass is 412 g/mol. The van der Waals surface area contributed by atoms with Gasteiger partial charge in [-0.1, -0.05) is 23.9 Å². The van der Waals surface area contributed by atoms with Crippen molar-refractivity contribution in [1.82, 2.24) is 10.2 Å². The summed E-state index contributed by atoms with van der Waals surface area (Å²) in [7, 11) is 0. The van der Waals surface area contributed by atoms with Crippen LogP contribution < -0.4 is 20.5 Å². The van der Waals surface area contributed by atoms with Crippen molar-refractivity contribution < 1.29 is 23.5 Å². The molecular weight excluding hydrogens is 396 g/mol. The third-order valence-corrected chi connectivity index (χ3v) is 4.80. The molecule has 1 aliphatic rings. The molecule has 148 valence electrons. The van der Waals surface area contributed by atoms with Gasteiger partial charge in [-0.15, -0.1) is 10.2 Å². The first-order valence-electron chi connectivity index (χ1n) is 8.63. The molecule has 2 heterocycles. The molecule has 0 unspecified atom stereocenters. The summed E-state index contributed by atoms with van der Waals surface area (Å²) in [4.78, 5) is 23.2. The van der Waals surface area contributed by atoms with Crippen LogP contribution in [0.5, 0.6) is 11.5 Å². The highest BCUT2D eigenvalue weighted by Gasteiger charge is 2.27. The fraction of sp³-hybridized carbons (Fsp3) is 0.158. The first-order valence-corrected chi connectivity index (χ1v) is 9.61. The van der Waals surface area contributed by atoms with Gasteiger partial charge in [-0.25, -0.2) is 0 Å². The van der Waals surface area contributed by atoms with E-state index in [9.17, 15) is 9.59 Å². The van der Waals surface area contributed by atoms with Crippen LogP contribution in [0.15, 0.2) is 58.2 Å². The maximum absolute atomic E-state index is 12.1. The Bertz CT molecular complexity index is 1040. The number of nitrogens with one attached hydrogen (secondary N) is 1. The van der Waals surface area contributed by atoms with Gasteiger partial charge in [-0.2, -0.15) is 0 Å². The lowest BCUT2D eigenvalue weighted by molar-refractivity contribution is -0.113. The molecule has 0 fully saturated rings. The molecule has 1 atom stereocenters. The maximum atomic E-state index is 12.1. The Hall–Kier alpha value is -3.53. The van der Waals surface area contributed by atoms with Gasteiger partial charge in [0.25, 0.3) is 11.1 Å². The van der Waals surface area contributed by atoms with Crippen LogP contribution in [0.2, 0.25) is 0 Å². The number of hydrogen-bond donors (Lipinski definition) is 2. The number of ether oxygens (including phenoxy) is 2. The van der Waals surface area contributed by atoms with Gasteiger partial charge >= 0.3 is 0 Å². The summed E-state index contributed by atoms with van der Waals surface area (Å²) in [6.07, 6.45) is -0.510. The number of carbonyl (C=O) groups excluding carboxylic acids is 2. The first kappa shape index (κ1) is 18.8. The molecule has 0 bridgehead atoms. The molecule has 3 N–H and O–H groups in total. The number of primary amides is 1. The Balaban J connectivity index is 1.30. The Labute approximate surface area is 169 Å². The molecule has 29 heavy (non-hydrogen) atoms. The zero-order valence-corrected chi connectivity index (χ0v) is 15.8. The van der Waals surface area contributed by atoms with Crippen LogP contribution in [-0.2, 0) is 4.79 Å². The van der Waals surface area contributed by atoms with Gasteiger partial charge in [0.15, 0.2) is 11.5 Å².